The van der Waals surface area contributed by atoms with Crippen molar-refractivity contribution < 1.29 is 9.21 Å². The molecule has 1 aromatic heterocycles. The molecule has 0 radical (unpaired) electrons. The van der Waals surface area contributed by atoms with Gasteiger partial charge in [0.15, 0.2) is 0 Å². The second-order valence-electron chi connectivity index (χ2n) is 5.47. The van der Waals surface area contributed by atoms with E-state index in [0.717, 1.165) is 31.8 Å². The number of likely N-dealkylation sites (tertiary alicyclic amines) is 1. The number of carbonyl (C=O) groups excluding carboxylic acids is 1. The van der Waals surface area contributed by atoms with Crippen molar-refractivity contribution in [2.24, 2.45) is 5.92 Å². The Hall–Kier alpha value is -1.29. The van der Waals surface area contributed by atoms with Gasteiger partial charge in [0.25, 0.3) is 0 Å². The van der Waals surface area contributed by atoms with Gasteiger partial charge in [-0.2, -0.15) is 0 Å². The maximum Gasteiger partial charge on any atom is 0.222 e. The van der Waals surface area contributed by atoms with Crippen molar-refractivity contribution in [2.45, 2.75) is 46.2 Å². The summed E-state index contributed by atoms with van der Waals surface area (Å²) in [7, 11) is 0. The Labute approximate surface area is 115 Å². The number of furan rings is 1. The standard InChI is InChI=1S/C15H24N2O2/c1-4-15(18)17-7-5-13(12(3)10-17)16-9-14-11(2)6-8-19-14/h6,8,12-13,16H,4-5,7,9-10H2,1-3H3. The molecule has 2 rings (SSSR count). The van der Waals surface area contributed by atoms with Crippen LogP contribution < -0.4 is 5.32 Å². The van der Waals surface area contributed by atoms with Gasteiger partial charge in [0.05, 0.1) is 12.8 Å². The number of piperidine rings is 1. The average molecular weight is 264 g/mol. The Kier molecular flexibility index (Phi) is 4.64. The second-order valence-corrected chi connectivity index (χ2v) is 5.47. The van der Waals surface area contributed by atoms with E-state index in [9.17, 15) is 4.79 Å². The number of amides is 1. The van der Waals surface area contributed by atoms with Gasteiger partial charge in [-0.15, -0.1) is 0 Å². The fourth-order valence-corrected chi connectivity index (χ4v) is 2.71. The summed E-state index contributed by atoms with van der Waals surface area (Å²) in [5.41, 5.74) is 1.19. The summed E-state index contributed by atoms with van der Waals surface area (Å²) in [6.07, 6.45) is 3.36. The molecule has 1 aliphatic heterocycles. The Morgan fingerprint density at radius 2 is 2.37 bits per heavy atom. The molecule has 0 saturated carbocycles. The smallest absolute Gasteiger partial charge is 0.222 e. The van der Waals surface area contributed by atoms with Gasteiger partial charge < -0.3 is 14.6 Å². The van der Waals surface area contributed by atoms with Gasteiger partial charge in [0.2, 0.25) is 5.91 Å². The summed E-state index contributed by atoms with van der Waals surface area (Å²) in [4.78, 5) is 13.7. The fourth-order valence-electron chi connectivity index (χ4n) is 2.71. The van der Waals surface area contributed by atoms with Gasteiger partial charge in [-0.05, 0) is 30.9 Å². The van der Waals surface area contributed by atoms with Gasteiger partial charge in [-0.1, -0.05) is 13.8 Å². The van der Waals surface area contributed by atoms with Crippen LogP contribution in [0, 0.1) is 12.8 Å². The lowest BCUT2D eigenvalue weighted by atomic mass is 9.93. The van der Waals surface area contributed by atoms with Crippen LogP contribution in [0.3, 0.4) is 0 Å². The highest BCUT2D eigenvalue weighted by Gasteiger charge is 2.27. The van der Waals surface area contributed by atoms with E-state index in [1.165, 1.54) is 5.56 Å². The minimum Gasteiger partial charge on any atom is -0.468 e. The van der Waals surface area contributed by atoms with Crippen molar-refractivity contribution in [3.05, 3.63) is 23.7 Å². The molecule has 1 saturated heterocycles. The second kappa shape index (κ2) is 6.24. The molecule has 2 unspecified atom stereocenters. The van der Waals surface area contributed by atoms with Gasteiger partial charge in [0, 0.05) is 25.6 Å². The summed E-state index contributed by atoms with van der Waals surface area (Å²) in [5.74, 6) is 1.77. The molecule has 1 aliphatic rings. The van der Waals surface area contributed by atoms with Gasteiger partial charge in [-0.25, -0.2) is 0 Å². The molecule has 2 atom stereocenters. The molecule has 4 nitrogen and oxygen atoms in total. The molecule has 4 heteroatoms. The third-order valence-corrected chi connectivity index (χ3v) is 4.05. The van der Waals surface area contributed by atoms with Crippen LogP contribution in [-0.4, -0.2) is 29.9 Å². The van der Waals surface area contributed by atoms with Crippen LogP contribution in [0.25, 0.3) is 0 Å². The molecule has 1 aromatic rings. The minimum atomic E-state index is 0.271. The van der Waals surface area contributed by atoms with Gasteiger partial charge >= 0.3 is 0 Å². The van der Waals surface area contributed by atoms with E-state index >= 15 is 0 Å². The van der Waals surface area contributed by atoms with E-state index in [2.05, 4.69) is 19.2 Å². The highest BCUT2D eigenvalue weighted by Crippen LogP contribution is 2.18. The third kappa shape index (κ3) is 3.38. The summed E-state index contributed by atoms with van der Waals surface area (Å²) in [5, 5.41) is 3.56. The van der Waals surface area contributed by atoms with E-state index in [1.54, 1.807) is 6.26 Å². The Balaban J connectivity index is 1.83. The Bertz CT molecular complexity index is 428. The molecular formula is C15H24N2O2. The Morgan fingerprint density at radius 1 is 1.58 bits per heavy atom. The normalized spacial score (nSPS) is 23.6. The lowest BCUT2D eigenvalue weighted by molar-refractivity contribution is -0.132. The van der Waals surface area contributed by atoms with Crippen LogP contribution in [0.4, 0.5) is 0 Å². The van der Waals surface area contributed by atoms with Gasteiger partial charge in [-0.3, -0.25) is 4.79 Å². The van der Waals surface area contributed by atoms with Crippen LogP contribution in [0.15, 0.2) is 16.7 Å². The number of hydrogen-bond donors (Lipinski definition) is 1. The Morgan fingerprint density at radius 3 is 2.95 bits per heavy atom. The molecular weight excluding hydrogens is 240 g/mol. The lowest BCUT2D eigenvalue weighted by Crippen LogP contribution is -2.49. The van der Waals surface area contributed by atoms with E-state index < -0.39 is 0 Å². The van der Waals surface area contributed by atoms with Crippen molar-refractivity contribution >= 4 is 5.91 Å². The number of carbonyl (C=O) groups is 1. The van der Waals surface area contributed by atoms with Crippen molar-refractivity contribution in [1.29, 1.82) is 0 Å². The first-order valence-electron chi connectivity index (χ1n) is 7.16. The topological polar surface area (TPSA) is 45.5 Å². The zero-order valence-corrected chi connectivity index (χ0v) is 12.1. The van der Waals surface area contributed by atoms with E-state index in [0.29, 0.717) is 18.4 Å². The SMILES string of the molecule is CCC(=O)N1CCC(NCc2occc2C)C(C)C1. The van der Waals surface area contributed by atoms with Crippen LogP contribution in [0.5, 0.6) is 0 Å². The van der Waals surface area contributed by atoms with Crippen LogP contribution in [-0.2, 0) is 11.3 Å². The summed E-state index contributed by atoms with van der Waals surface area (Å²) >= 11 is 0. The molecule has 0 bridgehead atoms. The first-order valence-corrected chi connectivity index (χ1v) is 7.16. The largest absolute Gasteiger partial charge is 0.468 e. The van der Waals surface area contributed by atoms with Crippen molar-refractivity contribution in [3.8, 4) is 0 Å². The molecule has 19 heavy (non-hydrogen) atoms. The third-order valence-electron chi connectivity index (χ3n) is 4.05. The van der Waals surface area contributed by atoms with E-state index in [-0.39, 0.29) is 5.91 Å². The van der Waals surface area contributed by atoms with Crippen molar-refractivity contribution in [3.63, 3.8) is 0 Å². The number of rotatable bonds is 4. The average Bonchev–Trinajstić information content (AvgIpc) is 2.82. The number of hydrogen-bond acceptors (Lipinski definition) is 3. The summed E-state index contributed by atoms with van der Waals surface area (Å²) in [6, 6.07) is 2.45. The summed E-state index contributed by atoms with van der Waals surface area (Å²) in [6.45, 7) is 8.70. The molecule has 1 N–H and O–H groups in total. The zero-order chi connectivity index (χ0) is 13.8. The monoisotopic (exact) mass is 264 g/mol. The van der Waals surface area contributed by atoms with Crippen LogP contribution in [0.1, 0.15) is 38.0 Å². The number of nitrogens with one attached hydrogen (secondary N) is 1. The van der Waals surface area contributed by atoms with E-state index in [4.69, 9.17) is 4.42 Å². The van der Waals surface area contributed by atoms with Crippen molar-refractivity contribution in [2.75, 3.05) is 13.1 Å². The highest BCUT2D eigenvalue weighted by atomic mass is 16.3. The van der Waals surface area contributed by atoms with E-state index in [1.807, 2.05) is 17.9 Å². The molecule has 0 aliphatic carbocycles. The summed E-state index contributed by atoms with van der Waals surface area (Å²) < 4.78 is 5.44. The number of nitrogens with zero attached hydrogens (tertiary/aromatic N) is 1. The molecule has 0 aromatic carbocycles. The first-order chi connectivity index (χ1) is 9.11. The number of aryl methyl sites for hydroxylation is 1. The maximum absolute atomic E-state index is 11.7. The molecule has 0 spiro atoms. The van der Waals surface area contributed by atoms with Crippen LogP contribution in [0.2, 0.25) is 0 Å². The molecule has 2 heterocycles. The zero-order valence-electron chi connectivity index (χ0n) is 12.1. The molecule has 106 valence electrons. The maximum atomic E-state index is 11.7. The predicted molar refractivity (Wildman–Crippen MR) is 74.7 cm³/mol. The van der Waals surface area contributed by atoms with Gasteiger partial charge in [0.1, 0.15) is 5.76 Å². The van der Waals surface area contributed by atoms with Crippen molar-refractivity contribution in [1.82, 2.24) is 10.2 Å². The predicted octanol–water partition coefficient (Wildman–Crippen LogP) is 2.32. The molecule has 1 fully saturated rings. The minimum absolute atomic E-state index is 0.271. The quantitative estimate of drug-likeness (QED) is 0.907. The lowest BCUT2D eigenvalue weighted by Gasteiger charge is -2.37. The first kappa shape index (κ1) is 14.1. The molecule has 1 amide bonds. The van der Waals surface area contributed by atoms with Crippen LogP contribution >= 0.6 is 0 Å². The fraction of sp³-hybridized carbons (Fsp3) is 0.667. The highest BCUT2D eigenvalue weighted by molar-refractivity contribution is 5.75.